The van der Waals surface area contributed by atoms with Crippen LogP contribution in [0.1, 0.15) is 40.4 Å². The molecule has 0 aliphatic heterocycles. The molecule has 150 valence electrons. The standard InChI is InChI=1S/C24H25NO3S/c1-4-28-24(27)22-20(19-12-7-17(3)8-13-19)15-29-23(22)25-21(26)14-11-18-9-5-16(2)6-10-18/h5-10,12-13,15H,4,11,14H2,1-3H3,(H,25,26). The third-order valence-electron chi connectivity index (χ3n) is 4.65. The molecule has 0 fully saturated rings. The number of rotatable bonds is 7. The Morgan fingerprint density at radius 3 is 2.21 bits per heavy atom. The molecule has 0 saturated carbocycles. The average Bonchev–Trinajstić information content (AvgIpc) is 3.12. The Hall–Kier alpha value is -2.92. The Morgan fingerprint density at radius 1 is 0.966 bits per heavy atom. The minimum Gasteiger partial charge on any atom is -0.462 e. The summed E-state index contributed by atoms with van der Waals surface area (Å²) in [6.07, 6.45) is 1.00. The van der Waals surface area contributed by atoms with E-state index >= 15 is 0 Å². The number of aryl methyl sites for hydroxylation is 3. The molecule has 4 nitrogen and oxygen atoms in total. The maximum Gasteiger partial charge on any atom is 0.341 e. The first-order chi connectivity index (χ1) is 14.0. The number of ether oxygens (including phenoxy) is 1. The highest BCUT2D eigenvalue weighted by atomic mass is 32.1. The lowest BCUT2D eigenvalue weighted by Crippen LogP contribution is -2.15. The lowest BCUT2D eigenvalue weighted by molar-refractivity contribution is -0.116. The van der Waals surface area contributed by atoms with Crippen molar-refractivity contribution in [3.05, 3.63) is 76.2 Å². The van der Waals surface area contributed by atoms with Crippen LogP contribution in [0.5, 0.6) is 0 Å². The first-order valence-electron chi connectivity index (χ1n) is 9.69. The van der Waals surface area contributed by atoms with E-state index in [0.29, 0.717) is 23.4 Å². The Morgan fingerprint density at radius 2 is 1.59 bits per heavy atom. The van der Waals surface area contributed by atoms with E-state index < -0.39 is 5.97 Å². The van der Waals surface area contributed by atoms with E-state index in [1.165, 1.54) is 16.9 Å². The van der Waals surface area contributed by atoms with Crippen molar-refractivity contribution >= 4 is 28.2 Å². The van der Waals surface area contributed by atoms with Crippen LogP contribution in [0.2, 0.25) is 0 Å². The third-order valence-corrected chi connectivity index (χ3v) is 5.54. The molecule has 2 aromatic carbocycles. The van der Waals surface area contributed by atoms with Crippen LogP contribution in [0.25, 0.3) is 11.1 Å². The number of amides is 1. The largest absolute Gasteiger partial charge is 0.462 e. The van der Waals surface area contributed by atoms with E-state index in [9.17, 15) is 9.59 Å². The van der Waals surface area contributed by atoms with Gasteiger partial charge in [0.25, 0.3) is 0 Å². The minimum absolute atomic E-state index is 0.117. The molecule has 0 spiro atoms. The second-order valence-electron chi connectivity index (χ2n) is 6.97. The summed E-state index contributed by atoms with van der Waals surface area (Å²) >= 11 is 1.35. The van der Waals surface area contributed by atoms with Gasteiger partial charge in [-0.2, -0.15) is 0 Å². The second kappa shape index (κ2) is 9.52. The van der Waals surface area contributed by atoms with Crippen LogP contribution < -0.4 is 5.32 Å². The quantitative estimate of drug-likeness (QED) is 0.505. The summed E-state index contributed by atoms with van der Waals surface area (Å²) in [4.78, 5) is 25.1. The van der Waals surface area contributed by atoms with Gasteiger partial charge in [-0.15, -0.1) is 11.3 Å². The van der Waals surface area contributed by atoms with Gasteiger partial charge in [-0.25, -0.2) is 4.79 Å². The topological polar surface area (TPSA) is 55.4 Å². The summed E-state index contributed by atoms with van der Waals surface area (Å²) in [6.45, 7) is 6.11. The molecular weight excluding hydrogens is 382 g/mol. The van der Waals surface area contributed by atoms with Crippen molar-refractivity contribution in [2.45, 2.75) is 33.6 Å². The maximum atomic E-state index is 12.6. The number of hydrogen-bond donors (Lipinski definition) is 1. The van der Waals surface area contributed by atoms with Crippen LogP contribution in [0, 0.1) is 13.8 Å². The highest BCUT2D eigenvalue weighted by Crippen LogP contribution is 2.36. The molecular formula is C24H25NO3S. The highest BCUT2D eigenvalue weighted by Gasteiger charge is 2.22. The van der Waals surface area contributed by atoms with Crippen LogP contribution in [0.4, 0.5) is 5.00 Å². The van der Waals surface area contributed by atoms with Crippen LogP contribution in [0.15, 0.2) is 53.9 Å². The normalized spacial score (nSPS) is 10.6. The summed E-state index contributed by atoms with van der Waals surface area (Å²) in [5, 5.41) is 5.34. The van der Waals surface area contributed by atoms with Gasteiger partial charge in [-0.3, -0.25) is 4.79 Å². The summed E-state index contributed by atoms with van der Waals surface area (Å²) in [5.41, 5.74) is 5.58. The molecule has 0 unspecified atom stereocenters. The molecule has 1 N–H and O–H groups in total. The number of hydrogen-bond acceptors (Lipinski definition) is 4. The molecule has 29 heavy (non-hydrogen) atoms. The Kier molecular flexibility index (Phi) is 6.83. The molecule has 0 aliphatic rings. The number of thiophene rings is 1. The molecule has 3 aromatic rings. The van der Waals surface area contributed by atoms with Crippen LogP contribution in [0.3, 0.4) is 0 Å². The Bertz CT molecular complexity index is 988. The van der Waals surface area contributed by atoms with E-state index in [0.717, 1.165) is 22.3 Å². The van der Waals surface area contributed by atoms with Crippen molar-refractivity contribution < 1.29 is 14.3 Å². The fourth-order valence-electron chi connectivity index (χ4n) is 3.00. The number of carbonyl (C=O) groups excluding carboxylic acids is 2. The van der Waals surface area contributed by atoms with Gasteiger partial charge in [-0.05, 0) is 38.3 Å². The number of esters is 1. The number of carbonyl (C=O) groups is 2. The molecule has 0 aliphatic carbocycles. The molecule has 0 radical (unpaired) electrons. The third kappa shape index (κ3) is 5.33. The molecule has 0 atom stereocenters. The van der Waals surface area contributed by atoms with Gasteiger partial charge >= 0.3 is 5.97 Å². The molecule has 0 saturated heterocycles. The predicted molar refractivity (Wildman–Crippen MR) is 119 cm³/mol. The monoisotopic (exact) mass is 407 g/mol. The molecule has 1 aromatic heterocycles. The van der Waals surface area contributed by atoms with Gasteiger partial charge in [-0.1, -0.05) is 59.7 Å². The molecule has 0 bridgehead atoms. The fraction of sp³-hybridized carbons (Fsp3) is 0.250. The first kappa shape index (κ1) is 20.8. The second-order valence-corrected chi connectivity index (χ2v) is 7.85. The van der Waals surface area contributed by atoms with Crippen molar-refractivity contribution in [1.82, 2.24) is 0 Å². The summed E-state index contributed by atoms with van der Waals surface area (Å²) in [7, 11) is 0. The molecule has 3 rings (SSSR count). The van der Waals surface area contributed by atoms with Crippen LogP contribution >= 0.6 is 11.3 Å². The summed E-state index contributed by atoms with van der Waals surface area (Å²) < 4.78 is 5.25. The van der Waals surface area contributed by atoms with Gasteiger partial charge in [0.1, 0.15) is 10.6 Å². The van der Waals surface area contributed by atoms with Gasteiger partial charge in [0.15, 0.2) is 0 Å². The predicted octanol–water partition coefficient (Wildman–Crippen LogP) is 5.78. The van der Waals surface area contributed by atoms with E-state index in [4.69, 9.17) is 4.74 Å². The average molecular weight is 408 g/mol. The highest BCUT2D eigenvalue weighted by molar-refractivity contribution is 7.15. The van der Waals surface area contributed by atoms with Gasteiger partial charge < -0.3 is 10.1 Å². The number of benzene rings is 2. The zero-order valence-corrected chi connectivity index (χ0v) is 17.8. The number of nitrogens with one attached hydrogen (secondary N) is 1. The lowest BCUT2D eigenvalue weighted by Gasteiger charge is -2.09. The van der Waals surface area contributed by atoms with Crippen molar-refractivity contribution in [2.75, 3.05) is 11.9 Å². The van der Waals surface area contributed by atoms with Crippen molar-refractivity contribution in [1.29, 1.82) is 0 Å². The van der Waals surface area contributed by atoms with Crippen molar-refractivity contribution in [3.8, 4) is 11.1 Å². The summed E-state index contributed by atoms with van der Waals surface area (Å²) in [6, 6.07) is 16.1. The Labute approximate surface area is 175 Å². The minimum atomic E-state index is -0.418. The molecule has 1 amide bonds. The van der Waals surface area contributed by atoms with Crippen LogP contribution in [-0.4, -0.2) is 18.5 Å². The van der Waals surface area contributed by atoms with E-state index in [1.54, 1.807) is 6.92 Å². The zero-order valence-electron chi connectivity index (χ0n) is 17.0. The van der Waals surface area contributed by atoms with Gasteiger partial charge in [0, 0.05) is 17.4 Å². The van der Waals surface area contributed by atoms with Gasteiger partial charge in [0.05, 0.1) is 6.61 Å². The van der Waals surface area contributed by atoms with Crippen molar-refractivity contribution in [3.63, 3.8) is 0 Å². The summed E-state index contributed by atoms with van der Waals surface area (Å²) in [5.74, 6) is -0.536. The molecule has 1 heterocycles. The van der Waals surface area contributed by atoms with E-state index in [2.05, 4.69) is 5.32 Å². The first-order valence-corrected chi connectivity index (χ1v) is 10.6. The SMILES string of the molecule is CCOC(=O)c1c(-c2ccc(C)cc2)csc1NC(=O)CCc1ccc(C)cc1. The smallest absolute Gasteiger partial charge is 0.341 e. The Balaban J connectivity index is 1.78. The number of anilines is 1. The van der Waals surface area contributed by atoms with E-state index in [-0.39, 0.29) is 12.5 Å². The molecule has 5 heteroatoms. The maximum absolute atomic E-state index is 12.6. The zero-order chi connectivity index (χ0) is 20.8. The van der Waals surface area contributed by atoms with E-state index in [1.807, 2.05) is 67.8 Å². The fourth-order valence-corrected chi connectivity index (χ4v) is 3.98. The van der Waals surface area contributed by atoms with Crippen molar-refractivity contribution in [2.24, 2.45) is 0 Å². The van der Waals surface area contributed by atoms with Gasteiger partial charge in [0.2, 0.25) is 5.91 Å². The van der Waals surface area contributed by atoms with Crippen LogP contribution in [-0.2, 0) is 16.0 Å². The lowest BCUT2D eigenvalue weighted by atomic mass is 10.0.